The van der Waals surface area contributed by atoms with Crippen molar-refractivity contribution in [2.75, 3.05) is 21.3 Å². The number of esters is 1. The van der Waals surface area contributed by atoms with E-state index < -0.39 is 11.5 Å². The van der Waals surface area contributed by atoms with Gasteiger partial charge in [0.25, 0.3) is 0 Å². The molecule has 116 valence electrons. The first-order valence-electron chi connectivity index (χ1n) is 6.88. The molecule has 5 nitrogen and oxygen atoms in total. The molecule has 5 heteroatoms. The van der Waals surface area contributed by atoms with Gasteiger partial charge in [-0.15, -0.1) is 0 Å². The van der Waals surface area contributed by atoms with Gasteiger partial charge in [0.15, 0.2) is 0 Å². The third-order valence-corrected chi connectivity index (χ3v) is 3.93. The van der Waals surface area contributed by atoms with Crippen molar-refractivity contribution in [3.8, 4) is 0 Å². The summed E-state index contributed by atoms with van der Waals surface area (Å²) < 4.78 is 4.69. The van der Waals surface area contributed by atoms with E-state index in [1.165, 1.54) is 12.0 Å². The summed E-state index contributed by atoms with van der Waals surface area (Å²) in [6.07, 6.45) is 1.68. The molecule has 21 heavy (non-hydrogen) atoms. The molecule has 0 unspecified atom stereocenters. The van der Waals surface area contributed by atoms with E-state index in [4.69, 9.17) is 5.11 Å². The fourth-order valence-corrected chi connectivity index (χ4v) is 2.35. The lowest BCUT2D eigenvalue weighted by Gasteiger charge is -2.27. The van der Waals surface area contributed by atoms with Gasteiger partial charge in [0, 0.05) is 14.2 Å². The Labute approximate surface area is 125 Å². The van der Waals surface area contributed by atoms with Crippen molar-refractivity contribution in [3.63, 3.8) is 0 Å². The number of hydrogen-bond donors (Lipinski definition) is 1. The number of rotatable bonds is 4. The number of benzene rings is 1. The normalized spacial score (nSPS) is 16.0. The zero-order valence-electron chi connectivity index (χ0n) is 13.0. The summed E-state index contributed by atoms with van der Waals surface area (Å²) in [5.41, 5.74) is 0.599. The van der Waals surface area contributed by atoms with E-state index in [2.05, 4.69) is 4.74 Å². The van der Waals surface area contributed by atoms with Gasteiger partial charge in [-0.05, 0) is 25.3 Å². The fourth-order valence-electron chi connectivity index (χ4n) is 2.35. The van der Waals surface area contributed by atoms with Gasteiger partial charge in [-0.1, -0.05) is 30.3 Å². The highest BCUT2D eigenvalue weighted by atomic mass is 16.5. The molecule has 1 fully saturated rings. The van der Waals surface area contributed by atoms with E-state index in [0.29, 0.717) is 0 Å². The number of nitrogens with zero attached hydrogens (tertiary/aromatic N) is 1. The maximum absolute atomic E-state index is 12.6. The molecule has 1 N–H and O–H groups in total. The van der Waals surface area contributed by atoms with Crippen molar-refractivity contribution in [1.82, 2.24) is 4.90 Å². The zero-order valence-corrected chi connectivity index (χ0v) is 13.0. The van der Waals surface area contributed by atoms with Gasteiger partial charge < -0.3 is 14.7 Å². The Balaban J connectivity index is 0.00000106. The van der Waals surface area contributed by atoms with Crippen LogP contribution in [0.4, 0.5) is 0 Å². The average Bonchev–Trinajstić information content (AvgIpc) is 3.36. The van der Waals surface area contributed by atoms with Crippen LogP contribution in [0.15, 0.2) is 30.3 Å². The third-order valence-electron chi connectivity index (χ3n) is 3.93. The van der Waals surface area contributed by atoms with Crippen LogP contribution in [-0.2, 0) is 19.7 Å². The summed E-state index contributed by atoms with van der Waals surface area (Å²) in [4.78, 5) is 25.6. The minimum atomic E-state index is -0.557. The molecule has 0 saturated heterocycles. The fraction of sp³-hybridized carbons (Fsp3) is 0.500. The molecule has 2 rings (SSSR count). The van der Waals surface area contributed by atoms with Gasteiger partial charge in [-0.3, -0.25) is 4.79 Å². The smallest absolute Gasteiger partial charge is 0.328 e. The van der Waals surface area contributed by atoms with Gasteiger partial charge in [0.05, 0.1) is 12.5 Å². The first-order valence-corrected chi connectivity index (χ1v) is 6.88. The summed E-state index contributed by atoms with van der Waals surface area (Å²) >= 11 is 0. The van der Waals surface area contributed by atoms with Crippen LogP contribution in [0.3, 0.4) is 0 Å². The van der Waals surface area contributed by atoms with Crippen LogP contribution < -0.4 is 0 Å². The molecule has 1 amide bonds. The van der Waals surface area contributed by atoms with Crippen LogP contribution in [0, 0.1) is 0 Å². The topological polar surface area (TPSA) is 66.8 Å². The van der Waals surface area contributed by atoms with Gasteiger partial charge in [0.2, 0.25) is 5.91 Å². The van der Waals surface area contributed by atoms with Crippen LogP contribution in [-0.4, -0.2) is 49.2 Å². The van der Waals surface area contributed by atoms with Crippen molar-refractivity contribution < 1.29 is 19.4 Å². The Morgan fingerprint density at radius 1 is 1.24 bits per heavy atom. The predicted molar refractivity (Wildman–Crippen MR) is 79.7 cm³/mol. The van der Waals surface area contributed by atoms with E-state index in [0.717, 1.165) is 25.5 Å². The van der Waals surface area contributed by atoms with Crippen molar-refractivity contribution in [2.24, 2.45) is 0 Å². The SMILES string of the molecule is CO.COC(=O)[C@@H](C)N(C)C(=O)C1(c2ccccc2)CC1. The number of aliphatic hydroxyl groups excluding tert-OH is 1. The van der Waals surface area contributed by atoms with Crippen molar-refractivity contribution in [2.45, 2.75) is 31.2 Å². The molecule has 0 heterocycles. The first kappa shape index (κ1) is 17.2. The van der Waals surface area contributed by atoms with Crippen molar-refractivity contribution >= 4 is 11.9 Å². The Hall–Kier alpha value is -1.88. The summed E-state index contributed by atoms with van der Waals surface area (Å²) in [6, 6.07) is 9.20. The number of ether oxygens (including phenoxy) is 1. The molecule has 0 aliphatic heterocycles. The monoisotopic (exact) mass is 293 g/mol. The standard InChI is InChI=1S/C15H19NO3.CH4O/c1-11(13(17)19-3)16(2)14(18)15(9-10-15)12-7-5-4-6-8-12;1-2/h4-8,11H,9-10H2,1-3H3;2H,1H3/t11-;/m1./s1. The Morgan fingerprint density at radius 3 is 2.19 bits per heavy atom. The van der Waals surface area contributed by atoms with E-state index in [-0.39, 0.29) is 11.9 Å². The average molecular weight is 293 g/mol. The molecule has 1 aromatic carbocycles. The number of hydrogen-bond acceptors (Lipinski definition) is 4. The molecule has 1 aliphatic rings. The number of methoxy groups -OCH3 is 1. The highest BCUT2D eigenvalue weighted by Crippen LogP contribution is 2.49. The van der Waals surface area contributed by atoms with Gasteiger partial charge in [0.1, 0.15) is 6.04 Å². The molecule has 0 bridgehead atoms. The van der Waals surface area contributed by atoms with Gasteiger partial charge in [-0.2, -0.15) is 0 Å². The van der Waals surface area contributed by atoms with Crippen LogP contribution in [0.1, 0.15) is 25.3 Å². The number of carbonyl (C=O) groups excluding carboxylic acids is 2. The highest BCUT2D eigenvalue weighted by molar-refractivity contribution is 5.94. The Morgan fingerprint density at radius 2 is 1.76 bits per heavy atom. The number of carbonyl (C=O) groups is 2. The number of aliphatic hydroxyl groups is 1. The van der Waals surface area contributed by atoms with E-state index in [1.807, 2.05) is 30.3 Å². The maximum Gasteiger partial charge on any atom is 0.328 e. The van der Waals surface area contributed by atoms with Gasteiger partial charge in [-0.25, -0.2) is 4.79 Å². The minimum Gasteiger partial charge on any atom is -0.467 e. The summed E-state index contributed by atoms with van der Waals surface area (Å²) in [5.74, 6) is -0.392. The second kappa shape index (κ2) is 7.22. The lowest BCUT2D eigenvalue weighted by molar-refractivity contribution is -0.151. The maximum atomic E-state index is 12.6. The van der Waals surface area contributed by atoms with E-state index >= 15 is 0 Å². The van der Waals surface area contributed by atoms with E-state index in [1.54, 1.807) is 14.0 Å². The van der Waals surface area contributed by atoms with E-state index in [9.17, 15) is 9.59 Å². The summed E-state index contributed by atoms with van der Waals surface area (Å²) in [7, 11) is 3.99. The molecule has 1 aromatic rings. The van der Waals surface area contributed by atoms with Gasteiger partial charge >= 0.3 is 5.97 Å². The second-order valence-electron chi connectivity index (χ2n) is 5.06. The Bertz CT molecular complexity index is 482. The molecular weight excluding hydrogens is 270 g/mol. The predicted octanol–water partition coefficient (Wildman–Crippen LogP) is 1.35. The van der Waals surface area contributed by atoms with Crippen molar-refractivity contribution in [3.05, 3.63) is 35.9 Å². The number of likely N-dealkylation sites (N-methyl/N-ethyl adjacent to an activating group) is 1. The minimum absolute atomic E-state index is 0.00315. The lowest BCUT2D eigenvalue weighted by Crippen LogP contribution is -2.45. The molecule has 0 spiro atoms. The molecule has 1 aliphatic carbocycles. The van der Waals surface area contributed by atoms with Crippen molar-refractivity contribution in [1.29, 1.82) is 0 Å². The van der Waals surface area contributed by atoms with Crippen LogP contribution >= 0.6 is 0 Å². The molecule has 0 radical (unpaired) electrons. The molecule has 1 saturated carbocycles. The third kappa shape index (κ3) is 3.42. The lowest BCUT2D eigenvalue weighted by atomic mass is 9.94. The highest BCUT2D eigenvalue weighted by Gasteiger charge is 2.53. The molecule has 0 aromatic heterocycles. The van der Waals surface area contributed by atoms with Crippen LogP contribution in [0.2, 0.25) is 0 Å². The quantitative estimate of drug-likeness (QED) is 0.851. The molecule has 1 atom stereocenters. The Kier molecular flexibility index (Phi) is 5.90. The second-order valence-corrected chi connectivity index (χ2v) is 5.06. The summed E-state index contributed by atoms with van der Waals surface area (Å²) in [5, 5.41) is 7.00. The largest absolute Gasteiger partial charge is 0.467 e. The van der Waals surface area contributed by atoms with Crippen LogP contribution in [0.25, 0.3) is 0 Å². The summed E-state index contributed by atoms with van der Waals surface area (Å²) in [6.45, 7) is 1.69. The molecular formula is C16H23NO4. The zero-order chi connectivity index (χ0) is 16.0. The number of amides is 1. The first-order chi connectivity index (χ1) is 10.0. The van der Waals surface area contributed by atoms with Crippen LogP contribution in [0.5, 0.6) is 0 Å².